The van der Waals surface area contributed by atoms with Crippen molar-refractivity contribution in [3.63, 3.8) is 0 Å². The molecule has 0 aliphatic carbocycles. The van der Waals surface area contributed by atoms with E-state index in [1.54, 1.807) is 18.3 Å². The van der Waals surface area contributed by atoms with Gasteiger partial charge in [0.15, 0.2) is 11.7 Å². The second kappa shape index (κ2) is 9.86. The van der Waals surface area contributed by atoms with Gasteiger partial charge in [0.2, 0.25) is 5.03 Å². The number of carbonyl (C=O) groups excluding carboxylic acids is 1. The number of hydrogen-bond acceptors (Lipinski definition) is 6. The van der Waals surface area contributed by atoms with Crippen molar-refractivity contribution in [2.75, 3.05) is 5.75 Å². The van der Waals surface area contributed by atoms with Crippen LogP contribution < -0.4 is 5.32 Å². The molecule has 1 aliphatic rings. The number of allylic oxidation sites excluding steroid dienone is 1. The van der Waals surface area contributed by atoms with Gasteiger partial charge in [0, 0.05) is 36.0 Å². The van der Waals surface area contributed by atoms with Crippen LogP contribution >= 0.6 is 11.6 Å². The van der Waals surface area contributed by atoms with Gasteiger partial charge in [-0.1, -0.05) is 24.3 Å². The first kappa shape index (κ1) is 22.1. The van der Waals surface area contributed by atoms with Crippen molar-refractivity contribution in [3.05, 3.63) is 47.4 Å². The molecule has 0 aromatic carbocycles. The number of amidine groups is 2. The van der Waals surface area contributed by atoms with Gasteiger partial charge in [-0.25, -0.2) is 15.0 Å². The average molecular weight is 422 g/mol. The summed E-state index contributed by atoms with van der Waals surface area (Å²) >= 11 is 4.74. The maximum Gasteiger partial charge on any atom is 0.295 e. The van der Waals surface area contributed by atoms with Crippen LogP contribution in [0.3, 0.4) is 0 Å². The molecule has 28 heavy (non-hydrogen) atoms. The molecule has 9 heteroatoms. The number of nitrogens with zero attached hydrogens (tertiary/aromatic N) is 4. The molecule has 1 aliphatic heterocycles. The van der Waals surface area contributed by atoms with E-state index in [0.717, 1.165) is 5.56 Å². The molecule has 150 valence electrons. The van der Waals surface area contributed by atoms with Crippen molar-refractivity contribution in [3.8, 4) is 0 Å². The van der Waals surface area contributed by atoms with Gasteiger partial charge >= 0.3 is 0 Å². The van der Waals surface area contributed by atoms with Gasteiger partial charge in [-0.2, -0.15) is 0 Å². The lowest BCUT2D eigenvalue weighted by Gasteiger charge is -2.32. The highest BCUT2D eigenvalue weighted by Gasteiger charge is 2.33. The fourth-order valence-electron chi connectivity index (χ4n) is 2.55. The van der Waals surface area contributed by atoms with E-state index >= 15 is 0 Å². The summed E-state index contributed by atoms with van der Waals surface area (Å²) in [7, 11) is 0. The molecule has 0 saturated heterocycles. The first-order valence-corrected chi connectivity index (χ1v) is 10.6. The van der Waals surface area contributed by atoms with Gasteiger partial charge in [0.1, 0.15) is 16.6 Å². The summed E-state index contributed by atoms with van der Waals surface area (Å²) in [6, 6.07) is 3.42. The Bertz CT molecular complexity index is 833. The maximum atomic E-state index is 12.9. The molecule has 2 heterocycles. The molecule has 0 bridgehead atoms. The molecule has 0 fully saturated rings. The molecule has 0 saturated carbocycles. The third-order valence-corrected chi connectivity index (χ3v) is 5.20. The largest absolute Gasteiger partial charge is 0.610 e. The molecule has 0 radical (unpaired) electrons. The molecule has 1 atom stereocenters. The fourth-order valence-corrected chi connectivity index (χ4v) is 3.32. The standard InChI is InChI=1S/C19H24ClN5O2S/c1-6-15-18(23-13(5)20)25(12(3)4)19(26)17(24-15)22-11-14-8-9-16(21-10-14)28(27)7-2/h6,8-10,12H,5,7,11H2,1-4H3,(H,22,24)/b15-6+,23-18+. The van der Waals surface area contributed by atoms with Crippen molar-refractivity contribution in [2.45, 2.75) is 45.3 Å². The zero-order valence-electron chi connectivity index (χ0n) is 16.4. The van der Waals surface area contributed by atoms with E-state index in [1.165, 1.54) is 4.90 Å². The Morgan fingerprint density at radius 3 is 2.71 bits per heavy atom. The van der Waals surface area contributed by atoms with Crippen LogP contribution in [0.5, 0.6) is 0 Å². The quantitative estimate of drug-likeness (QED) is 0.564. The summed E-state index contributed by atoms with van der Waals surface area (Å²) < 4.78 is 11.8. The van der Waals surface area contributed by atoms with Crippen LogP contribution in [0.1, 0.15) is 33.3 Å². The number of pyridine rings is 1. The van der Waals surface area contributed by atoms with Gasteiger partial charge in [-0.15, -0.1) is 0 Å². The third-order valence-electron chi connectivity index (χ3n) is 3.88. The van der Waals surface area contributed by atoms with E-state index in [1.807, 2.05) is 33.8 Å². The molecule has 1 aromatic heterocycles. The van der Waals surface area contributed by atoms with Crippen LogP contribution in [0.15, 0.2) is 56.8 Å². The van der Waals surface area contributed by atoms with Gasteiger partial charge in [0.05, 0.1) is 0 Å². The van der Waals surface area contributed by atoms with Crippen LogP contribution in [-0.2, 0) is 22.5 Å². The molecular weight excluding hydrogens is 398 g/mol. The number of carbonyl (C=O) groups is 1. The maximum absolute atomic E-state index is 12.9. The summed E-state index contributed by atoms with van der Waals surface area (Å²) in [5, 5.41) is 3.69. The van der Waals surface area contributed by atoms with E-state index in [2.05, 4.69) is 26.9 Å². The molecule has 1 N–H and O–H groups in total. The van der Waals surface area contributed by atoms with Gasteiger partial charge < -0.3 is 9.87 Å². The minimum Gasteiger partial charge on any atom is -0.610 e. The Hall–Kier alpha value is -2.16. The molecular formula is C19H24ClN5O2S. The number of amides is 1. The number of nitrogens with one attached hydrogen (secondary N) is 1. The van der Waals surface area contributed by atoms with Crippen molar-refractivity contribution in [1.82, 2.24) is 15.2 Å². The predicted molar refractivity (Wildman–Crippen MR) is 114 cm³/mol. The summed E-state index contributed by atoms with van der Waals surface area (Å²) in [5.41, 5.74) is 1.38. The molecule has 7 nitrogen and oxygen atoms in total. The summed E-state index contributed by atoms with van der Waals surface area (Å²) in [5.74, 6) is 0.809. The van der Waals surface area contributed by atoms with Crippen LogP contribution in [-0.4, -0.2) is 43.8 Å². The minimum absolute atomic E-state index is 0.0787. The molecule has 1 aromatic rings. The zero-order valence-corrected chi connectivity index (χ0v) is 18.0. The van der Waals surface area contributed by atoms with Crippen molar-refractivity contribution in [1.29, 1.82) is 0 Å². The van der Waals surface area contributed by atoms with Crippen molar-refractivity contribution >= 4 is 40.4 Å². The van der Waals surface area contributed by atoms with E-state index in [-0.39, 0.29) is 22.9 Å². The normalized spacial score (nSPS) is 18.6. The fraction of sp³-hybridized carbons (Fsp3) is 0.368. The van der Waals surface area contributed by atoms with Crippen LogP contribution in [0, 0.1) is 0 Å². The van der Waals surface area contributed by atoms with E-state index in [4.69, 9.17) is 11.6 Å². The van der Waals surface area contributed by atoms with Crippen LogP contribution in [0.4, 0.5) is 0 Å². The number of aliphatic imine (C=N–C) groups is 2. The van der Waals surface area contributed by atoms with Crippen LogP contribution in [0.25, 0.3) is 0 Å². The summed E-state index contributed by atoms with van der Waals surface area (Å²) in [4.78, 5) is 27.3. The Balaban J connectivity index is 2.24. The topological polar surface area (TPSA) is 93.0 Å². The second-order valence-electron chi connectivity index (χ2n) is 6.21. The highest BCUT2D eigenvalue weighted by Crippen LogP contribution is 2.19. The number of hydrogen-bond donors (Lipinski definition) is 1. The third kappa shape index (κ3) is 5.21. The monoisotopic (exact) mass is 421 g/mol. The molecule has 1 unspecified atom stereocenters. The average Bonchev–Trinajstić information content (AvgIpc) is 2.66. The lowest BCUT2D eigenvalue weighted by molar-refractivity contribution is -0.122. The SMILES string of the molecule is C=C(Cl)/N=C1\C(=C/C)N=C(NCc2ccc([S+]([O-])CC)nc2)C(=O)N1C(C)C. The van der Waals surface area contributed by atoms with E-state index < -0.39 is 11.2 Å². The molecule has 2 rings (SSSR count). The number of halogens is 1. The summed E-state index contributed by atoms with van der Waals surface area (Å²) in [6.07, 6.45) is 3.41. The Morgan fingerprint density at radius 1 is 1.50 bits per heavy atom. The Kier molecular flexibility index (Phi) is 7.79. The van der Waals surface area contributed by atoms with Crippen molar-refractivity contribution in [2.24, 2.45) is 9.98 Å². The highest BCUT2D eigenvalue weighted by atomic mass is 35.5. The Labute approximate surface area is 173 Å². The summed E-state index contributed by atoms with van der Waals surface area (Å²) in [6.45, 7) is 11.4. The first-order valence-electron chi connectivity index (χ1n) is 8.87. The molecule has 1 amide bonds. The van der Waals surface area contributed by atoms with E-state index in [0.29, 0.717) is 28.9 Å². The number of aromatic nitrogens is 1. The van der Waals surface area contributed by atoms with Gasteiger partial charge in [-0.3, -0.25) is 9.69 Å². The molecule has 0 spiro atoms. The Morgan fingerprint density at radius 2 is 2.21 bits per heavy atom. The second-order valence-corrected chi connectivity index (χ2v) is 8.33. The lowest BCUT2D eigenvalue weighted by atomic mass is 10.2. The predicted octanol–water partition coefficient (Wildman–Crippen LogP) is 2.96. The first-order chi connectivity index (χ1) is 13.3. The smallest absolute Gasteiger partial charge is 0.295 e. The highest BCUT2D eigenvalue weighted by molar-refractivity contribution is 7.91. The van der Waals surface area contributed by atoms with Crippen molar-refractivity contribution < 1.29 is 9.35 Å². The zero-order chi connectivity index (χ0) is 20.8. The number of rotatable bonds is 6. The minimum atomic E-state index is -1.09. The lowest BCUT2D eigenvalue weighted by Crippen LogP contribution is -2.52. The van der Waals surface area contributed by atoms with Gasteiger partial charge in [-0.05, 0) is 39.3 Å². The van der Waals surface area contributed by atoms with E-state index in [9.17, 15) is 9.35 Å². The van der Waals surface area contributed by atoms with Gasteiger partial charge in [0.25, 0.3) is 5.91 Å². The van der Waals surface area contributed by atoms with Crippen LogP contribution in [0.2, 0.25) is 0 Å².